The largest absolute Gasteiger partial charge is 0.399 e. The molecule has 1 aromatic rings. The fraction of sp³-hybridized carbons (Fsp3) is 0.500. The van der Waals surface area contributed by atoms with E-state index in [0.717, 1.165) is 18.8 Å². The van der Waals surface area contributed by atoms with Gasteiger partial charge in [-0.15, -0.1) is 0 Å². The summed E-state index contributed by atoms with van der Waals surface area (Å²) in [7, 11) is 0. The second-order valence-electron chi connectivity index (χ2n) is 4.65. The average molecular weight is 203 g/mol. The van der Waals surface area contributed by atoms with E-state index in [4.69, 9.17) is 5.73 Å². The van der Waals surface area contributed by atoms with E-state index in [1.54, 1.807) is 0 Å². The topological polar surface area (TPSA) is 50.1 Å². The van der Waals surface area contributed by atoms with Gasteiger partial charge >= 0.3 is 0 Å². The molecule has 2 aliphatic rings. The van der Waals surface area contributed by atoms with E-state index >= 15 is 0 Å². The van der Waals surface area contributed by atoms with Gasteiger partial charge in [0.25, 0.3) is 0 Å². The lowest BCUT2D eigenvalue weighted by Crippen LogP contribution is -2.38. The molecule has 1 fully saturated rings. The first-order valence-corrected chi connectivity index (χ1v) is 5.63. The van der Waals surface area contributed by atoms with Gasteiger partial charge in [0.2, 0.25) is 0 Å². The Morgan fingerprint density at radius 2 is 2.27 bits per heavy atom. The minimum atomic E-state index is 0.607. The Kier molecular flexibility index (Phi) is 1.89. The van der Waals surface area contributed by atoms with E-state index in [9.17, 15) is 0 Å². The molecule has 3 rings (SSSR count). The van der Waals surface area contributed by atoms with Gasteiger partial charge < -0.3 is 16.4 Å². The van der Waals surface area contributed by atoms with Gasteiger partial charge in [-0.1, -0.05) is 0 Å². The van der Waals surface area contributed by atoms with Crippen molar-refractivity contribution in [2.24, 2.45) is 0 Å². The molecule has 0 unspecified atom stereocenters. The monoisotopic (exact) mass is 203 g/mol. The lowest BCUT2D eigenvalue weighted by molar-refractivity contribution is 0.440. The Morgan fingerprint density at radius 3 is 3.13 bits per heavy atom. The third kappa shape index (κ3) is 1.30. The van der Waals surface area contributed by atoms with Crippen LogP contribution in [0.5, 0.6) is 0 Å². The zero-order valence-corrected chi connectivity index (χ0v) is 9.01. The lowest BCUT2D eigenvalue weighted by atomic mass is 9.90. The van der Waals surface area contributed by atoms with Gasteiger partial charge in [0.05, 0.1) is 0 Å². The quantitative estimate of drug-likeness (QED) is 0.559. The number of rotatable bonds is 0. The molecule has 80 valence electrons. The Balaban J connectivity index is 2.08. The molecule has 0 saturated carbocycles. The van der Waals surface area contributed by atoms with Gasteiger partial charge in [-0.05, 0) is 43.1 Å². The third-order valence-electron chi connectivity index (χ3n) is 3.60. The van der Waals surface area contributed by atoms with Crippen molar-refractivity contribution in [1.29, 1.82) is 0 Å². The van der Waals surface area contributed by atoms with Crippen LogP contribution in [0.15, 0.2) is 12.1 Å². The van der Waals surface area contributed by atoms with Gasteiger partial charge in [-0.3, -0.25) is 0 Å². The van der Waals surface area contributed by atoms with Crippen LogP contribution < -0.4 is 16.4 Å². The van der Waals surface area contributed by atoms with Crippen molar-refractivity contribution < 1.29 is 0 Å². The summed E-state index contributed by atoms with van der Waals surface area (Å²) >= 11 is 0. The summed E-state index contributed by atoms with van der Waals surface area (Å²) in [5.74, 6) is 0.607. The molecule has 2 heterocycles. The molecule has 3 nitrogen and oxygen atoms in total. The van der Waals surface area contributed by atoms with Crippen molar-refractivity contribution in [3.05, 3.63) is 23.3 Å². The summed E-state index contributed by atoms with van der Waals surface area (Å²) in [6.07, 6.45) is 1.21. The number of nitrogen functional groups attached to an aromatic ring is 1. The fourth-order valence-corrected chi connectivity index (χ4v) is 2.88. The normalized spacial score (nSPS) is 28.1. The van der Waals surface area contributed by atoms with Gasteiger partial charge in [-0.25, -0.2) is 0 Å². The summed E-state index contributed by atoms with van der Waals surface area (Å²) in [4.78, 5) is 0. The maximum atomic E-state index is 5.91. The van der Waals surface area contributed by atoms with E-state index in [1.165, 1.54) is 23.2 Å². The van der Waals surface area contributed by atoms with Gasteiger partial charge in [0, 0.05) is 29.9 Å². The molecule has 15 heavy (non-hydrogen) atoms. The molecular formula is C12H17N3. The van der Waals surface area contributed by atoms with E-state index in [2.05, 4.69) is 29.7 Å². The number of hydrogen-bond acceptors (Lipinski definition) is 3. The molecule has 3 heteroatoms. The molecule has 0 spiro atoms. The minimum absolute atomic E-state index is 0.607. The number of nitrogens with one attached hydrogen (secondary N) is 2. The predicted octanol–water partition coefficient (Wildman–Crippen LogP) is 1.45. The summed E-state index contributed by atoms with van der Waals surface area (Å²) < 4.78 is 0. The van der Waals surface area contributed by atoms with Crippen molar-refractivity contribution in [3.63, 3.8) is 0 Å². The Hall–Kier alpha value is -1.22. The average Bonchev–Trinajstić information content (AvgIpc) is 2.57. The van der Waals surface area contributed by atoms with E-state index in [1.807, 2.05) is 0 Å². The van der Waals surface area contributed by atoms with Crippen LogP contribution in [0.2, 0.25) is 0 Å². The second-order valence-corrected chi connectivity index (χ2v) is 4.65. The first-order chi connectivity index (χ1) is 7.25. The first-order valence-electron chi connectivity index (χ1n) is 5.63. The van der Waals surface area contributed by atoms with Crippen molar-refractivity contribution in [2.75, 3.05) is 24.1 Å². The van der Waals surface area contributed by atoms with Crippen LogP contribution in [0, 0.1) is 6.92 Å². The number of benzene rings is 1. The molecule has 1 saturated heterocycles. The minimum Gasteiger partial charge on any atom is -0.399 e. The van der Waals surface area contributed by atoms with Crippen LogP contribution in [0.3, 0.4) is 0 Å². The number of piperidine rings is 1. The van der Waals surface area contributed by atoms with Crippen molar-refractivity contribution in [3.8, 4) is 0 Å². The Morgan fingerprint density at radius 1 is 1.40 bits per heavy atom. The van der Waals surface area contributed by atoms with Crippen LogP contribution in [-0.2, 0) is 0 Å². The highest BCUT2D eigenvalue weighted by Gasteiger charge is 2.34. The fourth-order valence-electron chi connectivity index (χ4n) is 2.88. The lowest BCUT2D eigenvalue weighted by Gasteiger charge is -2.26. The van der Waals surface area contributed by atoms with Crippen molar-refractivity contribution >= 4 is 11.4 Å². The van der Waals surface area contributed by atoms with E-state index < -0.39 is 0 Å². The smallest absolute Gasteiger partial charge is 0.0410 e. The van der Waals surface area contributed by atoms with E-state index in [-0.39, 0.29) is 0 Å². The maximum Gasteiger partial charge on any atom is 0.0410 e. The maximum absolute atomic E-state index is 5.91. The third-order valence-corrected chi connectivity index (χ3v) is 3.60. The molecule has 1 aromatic carbocycles. The number of nitrogens with two attached hydrogens (primary N) is 1. The van der Waals surface area contributed by atoms with Crippen LogP contribution in [-0.4, -0.2) is 19.1 Å². The number of fused-ring (bicyclic) bond motifs is 3. The summed E-state index contributed by atoms with van der Waals surface area (Å²) in [5, 5.41) is 7.09. The first kappa shape index (κ1) is 9.04. The molecule has 0 aromatic heterocycles. The number of aryl methyl sites for hydroxylation is 1. The predicted molar refractivity (Wildman–Crippen MR) is 63.2 cm³/mol. The molecule has 2 atom stereocenters. The standard InChI is InChI=1S/C12H17N3/c1-7-4-8(13)5-9-10-6-14-3-2-11(10)15-12(7)9/h4-5,10-11,14-15H,2-3,6,13H2,1H3/t10-,11-/m0/s1. The van der Waals surface area contributed by atoms with E-state index in [0.29, 0.717) is 12.0 Å². The van der Waals surface area contributed by atoms with Crippen LogP contribution >= 0.6 is 0 Å². The molecule has 4 N–H and O–H groups in total. The SMILES string of the molecule is Cc1cc(N)cc2c1N[C@H]1CCNC[C@@H]21. The molecule has 0 radical (unpaired) electrons. The Bertz CT molecular complexity index is 400. The molecule has 0 aliphatic carbocycles. The summed E-state index contributed by atoms with van der Waals surface area (Å²) in [6, 6.07) is 4.80. The van der Waals surface area contributed by atoms with Gasteiger partial charge in [0.1, 0.15) is 0 Å². The van der Waals surface area contributed by atoms with Crippen LogP contribution in [0.25, 0.3) is 0 Å². The molecule has 0 bridgehead atoms. The summed E-state index contributed by atoms with van der Waals surface area (Å²) in [6.45, 7) is 4.33. The van der Waals surface area contributed by atoms with Crippen LogP contribution in [0.4, 0.5) is 11.4 Å². The van der Waals surface area contributed by atoms with Crippen LogP contribution in [0.1, 0.15) is 23.5 Å². The highest BCUT2D eigenvalue weighted by Crippen LogP contribution is 2.41. The highest BCUT2D eigenvalue weighted by atomic mass is 15.0. The zero-order valence-electron chi connectivity index (χ0n) is 9.01. The summed E-state index contributed by atoms with van der Waals surface area (Å²) in [5.41, 5.74) is 10.8. The number of hydrogen-bond donors (Lipinski definition) is 3. The Labute approximate surface area is 90.0 Å². The van der Waals surface area contributed by atoms with Gasteiger partial charge in [-0.2, -0.15) is 0 Å². The second kappa shape index (κ2) is 3.14. The zero-order chi connectivity index (χ0) is 10.4. The van der Waals surface area contributed by atoms with Crippen molar-refractivity contribution in [1.82, 2.24) is 5.32 Å². The molecule has 2 aliphatic heterocycles. The molecule has 0 amide bonds. The number of anilines is 2. The van der Waals surface area contributed by atoms with Gasteiger partial charge in [0.15, 0.2) is 0 Å². The molecular weight excluding hydrogens is 186 g/mol. The van der Waals surface area contributed by atoms with Crippen molar-refractivity contribution in [2.45, 2.75) is 25.3 Å². The highest BCUT2D eigenvalue weighted by molar-refractivity contribution is 5.69.